The van der Waals surface area contributed by atoms with E-state index in [0.717, 1.165) is 16.8 Å². The number of rotatable bonds is 4. The van der Waals surface area contributed by atoms with Gasteiger partial charge in [-0.3, -0.25) is 9.67 Å². The molecule has 3 rings (SSSR count). The van der Waals surface area contributed by atoms with Crippen LogP contribution in [0.3, 0.4) is 0 Å². The van der Waals surface area contributed by atoms with Crippen LogP contribution in [0.25, 0.3) is 11.3 Å². The molecule has 1 aliphatic carbocycles. The van der Waals surface area contributed by atoms with Crippen LogP contribution in [-0.4, -0.2) is 27.3 Å². The van der Waals surface area contributed by atoms with Gasteiger partial charge in [0.25, 0.3) is 0 Å². The molecule has 0 saturated heterocycles. The number of ether oxygens (including phenoxy) is 1. The van der Waals surface area contributed by atoms with E-state index in [0.29, 0.717) is 18.2 Å². The van der Waals surface area contributed by atoms with Gasteiger partial charge < -0.3 is 4.74 Å². The van der Waals surface area contributed by atoms with Crippen molar-refractivity contribution < 1.29 is 9.53 Å². The molecule has 0 atom stereocenters. The lowest BCUT2D eigenvalue weighted by Gasteiger charge is -2.07. The summed E-state index contributed by atoms with van der Waals surface area (Å²) in [7, 11) is 1.83. The van der Waals surface area contributed by atoms with E-state index in [2.05, 4.69) is 23.1 Å². The maximum absolute atomic E-state index is 11.8. The second kappa shape index (κ2) is 5.31. The number of aryl methyl sites for hydroxylation is 2. The highest BCUT2D eigenvalue weighted by Crippen LogP contribution is 2.40. The zero-order chi connectivity index (χ0) is 15.0. The molecule has 0 amide bonds. The number of carbonyl (C=O) groups is 1. The van der Waals surface area contributed by atoms with Crippen molar-refractivity contribution in [3.8, 4) is 11.3 Å². The van der Waals surface area contributed by atoms with Crippen LogP contribution >= 0.6 is 0 Å². The Hall–Kier alpha value is -2.17. The number of nitrogens with zero attached hydrogens (tertiary/aromatic N) is 3. The molecule has 0 unspecified atom stereocenters. The lowest BCUT2D eigenvalue weighted by molar-refractivity contribution is 0.0518. The molecule has 21 heavy (non-hydrogen) atoms. The Kier molecular flexibility index (Phi) is 3.49. The van der Waals surface area contributed by atoms with Gasteiger partial charge >= 0.3 is 5.97 Å². The second-order valence-corrected chi connectivity index (χ2v) is 5.46. The van der Waals surface area contributed by atoms with Gasteiger partial charge in [0.1, 0.15) is 0 Å². The number of pyridine rings is 1. The van der Waals surface area contributed by atoms with Crippen LogP contribution in [0.2, 0.25) is 0 Å². The molecular formula is C16H19N3O2. The van der Waals surface area contributed by atoms with Crippen molar-refractivity contribution in [2.75, 3.05) is 6.61 Å². The zero-order valence-corrected chi connectivity index (χ0v) is 12.6. The minimum Gasteiger partial charge on any atom is -0.461 e. The third-order valence-corrected chi connectivity index (χ3v) is 3.77. The third kappa shape index (κ3) is 2.68. The maximum atomic E-state index is 11.8. The summed E-state index contributed by atoms with van der Waals surface area (Å²) in [6.45, 7) is 4.20. The van der Waals surface area contributed by atoms with Crippen LogP contribution in [0.5, 0.6) is 0 Å². The number of hydrogen-bond donors (Lipinski definition) is 0. The van der Waals surface area contributed by atoms with Crippen molar-refractivity contribution in [1.29, 1.82) is 0 Å². The minimum atomic E-state index is -0.389. The molecule has 0 bridgehead atoms. The molecule has 1 aliphatic rings. The number of carbonyl (C=O) groups excluding carboxylic acids is 1. The lowest BCUT2D eigenvalue weighted by Crippen LogP contribution is -2.06. The van der Waals surface area contributed by atoms with E-state index >= 15 is 0 Å². The van der Waals surface area contributed by atoms with Gasteiger partial charge in [-0.05, 0) is 44.4 Å². The normalized spacial score (nSPS) is 14.2. The maximum Gasteiger partial charge on any atom is 0.358 e. The molecular weight excluding hydrogens is 266 g/mol. The SMILES string of the molecule is CCOC(=O)c1cc(-c2cnc(C3CC3)cc2C)n(C)n1. The van der Waals surface area contributed by atoms with Crippen molar-refractivity contribution in [3.63, 3.8) is 0 Å². The molecule has 0 aromatic carbocycles. The third-order valence-electron chi connectivity index (χ3n) is 3.77. The summed E-state index contributed by atoms with van der Waals surface area (Å²) in [5, 5.41) is 4.23. The minimum absolute atomic E-state index is 0.333. The Morgan fingerprint density at radius 2 is 2.19 bits per heavy atom. The number of hydrogen-bond acceptors (Lipinski definition) is 4. The molecule has 1 fully saturated rings. The standard InChI is InChI=1S/C16H19N3O2/c1-4-21-16(20)14-8-15(19(3)18-14)12-9-17-13(7-10(12)2)11-5-6-11/h7-9,11H,4-6H2,1-3H3. The first-order valence-electron chi connectivity index (χ1n) is 7.28. The fraction of sp³-hybridized carbons (Fsp3) is 0.438. The highest BCUT2D eigenvalue weighted by molar-refractivity contribution is 5.88. The van der Waals surface area contributed by atoms with Gasteiger partial charge in [0.05, 0.1) is 12.3 Å². The summed E-state index contributed by atoms with van der Waals surface area (Å²) < 4.78 is 6.69. The molecule has 1 saturated carbocycles. The Balaban J connectivity index is 1.94. The molecule has 110 valence electrons. The summed E-state index contributed by atoms with van der Waals surface area (Å²) in [5.41, 5.74) is 4.55. The monoisotopic (exact) mass is 285 g/mol. The summed E-state index contributed by atoms with van der Waals surface area (Å²) in [6, 6.07) is 3.91. The fourth-order valence-electron chi connectivity index (χ4n) is 2.47. The van der Waals surface area contributed by atoms with Crippen molar-refractivity contribution in [2.45, 2.75) is 32.6 Å². The van der Waals surface area contributed by atoms with Gasteiger partial charge in [0.2, 0.25) is 0 Å². The predicted octanol–water partition coefficient (Wildman–Crippen LogP) is 2.84. The average molecular weight is 285 g/mol. The van der Waals surface area contributed by atoms with Crippen LogP contribution < -0.4 is 0 Å². The van der Waals surface area contributed by atoms with Crippen LogP contribution in [0.4, 0.5) is 0 Å². The van der Waals surface area contributed by atoms with E-state index in [4.69, 9.17) is 4.74 Å². The van der Waals surface area contributed by atoms with E-state index < -0.39 is 0 Å². The van der Waals surface area contributed by atoms with E-state index in [-0.39, 0.29) is 5.97 Å². The molecule has 0 spiro atoms. The molecule has 2 aromatic rings. The van der Waals surface area contributed by atoms with Crippen molar-refractivity contribution >= 4 is 5.97 Å². The van der Waals surface area contributed by atoms with Crippen LogP contribution in [0.15, 0.2) is 18.3 Å². The molecule has 5 nitrogen and oxygen atoms in total. The van der Waals surface area contributed by atoms with Gasteiger partial charge in [-0.2, -0.15) is 5.10 Å². The second-order valence-electron chi connectivity index (χ2n) is 5.46. The van der Waals surface area contributed by atoms with Crippen LogP contribution in [-0.2, 0) is 11.8 Å². The van der Waals surface area contributed by atoms with Crippen molar-refractivity contribution in [3.05, 3.63) is 35.3 Å². The van der Waals surface area contributed by atoms with Crippen molar-refractivity contribution in [2.24, 2.45) is 7.05 Å². The van der Waals surface area contributed by atoms with Gasteiger partial charge in [0, 0.05) is 30.4 Å². The van der Waals surface area contributed by atoms with Crippen molar-refractivity contribution in [1.82, 2.24) is 14.8 Å². The molecule has 2 heterocycles. The van der Waals surface area contributed by atoms with Gasteiger partial charge in [-0.15, -0.1) is 0 Å². The lowest BCUT2D eigenvalue weighted by atomic mass is 10.1. The highest BCUT2D eigenvalue weighted by atomic mass is 16.5. The molecule has 0 N–H and O–H groups in total. The first-order chi connectivity index (χ1) is 10.1. The topological polar surface area (TPSA) is 57.0 Å². The summed E-state index contributed by atoms with van der Waals surface area (Å²) in [5.74, 6) is 0.249. The largest absolute Gasteiger partial charge is 0.461 e. The summed E-state index contributed by atoms with van der Waals surface area (Å²) in [6.07, 6.45) is 4.37. The number of aromatic nitrogens is 3. The molecule has 0 radical (unpaired) electrons. The van der Waals surface area contributed by atoms with E-state index in [1.807, 2.05) is 13.2 Å². The van der Waals surface area contributed by atoms with Crippen LogP contribution in [0.1, 0.15) is 47.4 Å². The van der Waals surface area contributed by atoms with Gasteiger partial charge in [-0.1, -0.05) is 0 Å². The molecule has 2 aromatic heterocycles. The Morgan fingerprint density at radius 1 is 1.43 bits per heavy atom. The van der Waals surface area contributed by atoms with Crippen LogP contribution in [0, 0.1) is 6.92 Å². The quantitative estimate of drug-likeness (QED) is 0.811. The summed E-state index contributed by atoms with van der Waals surface area (Å²) in [4.78, 5) is 16.3. The van der Waals surface area contributed by atoms with E-state index in [9.17, 15) is 4.79 Å². The fourth-order valence-corrected chi connectivity index (χ4v) is 2.47. The molecule has 0 aliphatic heterocycles. The van der Waals surface area contributed by atoms with Gasteiger partial charge in [-0.25, -0.2) is 4.79 Å². The smallest absolute Gasteiger partial charge is 0.358 e. The van der Waals surface area contributed by atoms with E-state index in [1.54, 1.807) is 17.7 Å². The zero-order valence-electron chi connectivity index (χ0n) is 12.6. The Labute approximate surface area is 124 Å². The number of esters is 1. The van der Waals surface area contributed by atoms with E-state index in [1.165, 1.54) is 18.5 Å². The Bertz CT molecular complexity index is 687. The van der Waals surface area contributed by atoms with Gasteiger partial charge in [0.15, 0.2) is 5.69 Å². The predicted molar refractivity (Wildman–Crippen MR) is 79.1 cm³/mol. The Morgan fingerprint density at radius 3 is 2.81 bits per heavy atom. The first kappa shape index (κ1) is 13.8. The highest BCUT2D eigenvalue weighted by Gasteiger charge is 2.25. The molecule has 5 heteroatoms. The summed E-state index contributed by atoms with van der Waals surface area (Å²) >= 11 is 0. The first-order valence-corrected chi connectivity index (χ1v) is 7.28. The average Bonchev–Trinajstić information content (AvgIpc) is 3.23.